The summed E-state index contributed by atoms with van der Waals surface area (Å²) in [5.74, 6) is 0.584. The number of halogens is 5. The third kappa shape index (κ3) is 6.54. The smallest absolute Gasteiger partial charge is 0.382 e. The van der Waals surface area contributed by atoms with E-state index in [2.05, 4.69) is 20.3 Å². The van der Waals surface area contributed by atoms with Gasteiger partial charge in [-0.1, -0.05) is 6.07 Å². The first-order valence-corrected chi connectivity index (χ1v) is 13.9. The summed E-state index contributed by atoms with van der Waals surface area (Å²) in [6.07, 6.45) is -1.75. The van der Waals surface area contributed by atoms with Crippen LogP contribution in [0.25, 0.3) is 16.6 Å². The second-order valence-electron chi connectivity index (χ2n) is 9.48. The molecule has 4 aromatic rings. The average Bonchev–Trinajstić information content (AvgIpc) is 3.31. The lowest BCUT2D eigenvalue weighted by Crippen LogP contribution is -2.33. The molecule has 0 atom stereocenters. The molecule has 0 aliphatic carbocycles. The highest BCUT2D eigenvalue weighted by molar-refractivity contribution is 7.99. The van der Waals surface area contributed by atoms with E-state index >= 15 is 4.39 Å². The van der Waals surface area contributed by atoms with E-state index in [1.54, 1.807) is 10.6 Å². The van der Waals surface area contributed by atoms with Crippen LogP contribution in [0, 0.1) is 11.6 Å². The van der Waals surface area contributed by atoms with Gasteiger partial charge in [0.2, 0.25) is 0 Å². The van der Waals surface area contributed by atoms with Crippen LogP contribution in [0.3, 0.4) is 0 Å². The van der Waals surface area contributed by atoms with Crippen LogP contribution >= 0.6 is 11.8 Å². The molecule has 1 saturated heterocycles. The SMILES string of the molecule is Nc1ncnn2c(CCCN3CCSCC3)cc(-c3ccc(NC(=O)Nc4cc(C(F)(F)F)ccc4F)c(F)c3)c12. The number of hydrogen-bond donors (Lipinski definition) is 3. The molecule has 41 heavy (non-hydrogen) atoms. The number of aromatic nitrogens is 3. The normalized spacial score (nSPS) is 14.4. The van der Waals surface area contributed by atoms with Crippen LogP contribution in [0.5, 0.6) is 0 Å². The van der Waals surface area contributed by atoms with Gasteiger partial charge in [0.05, 0.1) is 16.9 Å². The molecule has 4 N–H and O–H groups in total. The van der Waals surface area contributed by atoms with Crippen LogP contribution in [-0.2, 0) is 12.6 Å². The molecule has 14 heteroatoms. The molecule has 3 heterocycles. The minimum absolute atomic E-state index is 0.222. The number of hydrogen-bond acceptors (Lipinski definition) is 6. The lowest BCUT2D eigenvalue weighted by molar-refractivity contribution is -0.137. The zero-order chi connectivity index (χ0) is 29.1. The van der Waals surface area contributed by atoms with Gasteiger partial charge in [-0.25, -0.2) is 23.1 Å². The quantitative estimate of drug-likeness (QED) is 0.232. The van der Waals surface area contributed by atoms with Crippen LogP contribution < -0.4 is 16.4 Å². The van der Waals surface area contributed by atoms with Gasteiger partial charge in [-0.15, -0.1) is 0 Å². The number of benzene rings is 2. The van der Waals surface area contributed by atoms with Gasteiger partial charge in [-0.3, -0.25) is 0 Å². The Bertz CT molecular complexity index is 1570. The Morgan fingerprint density at radius 2 is 1.76 bits per heavy atom. The van der Waals surface area contributed by atoms with E-state index in [1.165, 1.54) is 18.5 Å². The van der Waals surface area contributed by atoms with Gasteiger partial charge in [0.1, 0.15) is 23.5 Å². The maximum atomic E-state index is 15.1. The molecule has 1 aliphatic rings. The summed E-state index contributed by atoms with van der Waals surface area (Å²) in [7, 11) is 0. The number of aryl methyl sites for hydroxylation is 1. The van der Waals surface area contributed by atoms with Crippen molar-refractivity contribution in [2.45, 2.75) is 19.0 Å². The molecule has 5 rings (SSSR count). The monoisotopic (exact) mass is 591 g/mol. The molecule has 0 spiro atoms. The number of carbonyl (C=O) groups excluding carboxylic acids is 1. The fourth-order valence-electron chi connectivity index (χ4n) is 4.70. The molecule has 2 aromatic heterocycles. The highest BCUT2D eigenvalue weighted by atomic mass is 32.2. The lowest BCUT2D eigenvalue weighted by atomic mass is 10.1. The molecule has 1 aliphatic heterocycles. The summed E-state index contributed by atoms with van der Waals surface area (Å²) >= 11 is 1.95. The Kier molecular flexibility index (Phi) is 8.31. The highest BCUT2D eigenvalue weighted by Gasteiger charge is 2.31. The number of fused-ring (bicyclic) bond motifs is 1. The number of nitrogens with zero attached hydrogens (tertiary/aromatic N) is 4. The molecular formula is C27H26F5N7OS. The largest absolute Gasteiger partial charge is 0.416 e. The molecule has 216 valence electrons. The summed E-state index contributed by atoms with van der Waals surface area (Å²) < 4.78 is 69.7. The average molecular weight is 592 g/mol. The molecule has 2 amide bonds. The fourth-order valence-corrected chi connectivity index (χ4v) is 5.68. The molecule has 0 radical (unpaired) electrons. The maximum absolute atomic E-state index is 15.1. The van der Waals surface area contributed by atoms with Crippen LogP contribution in [0.2, 0.25) is 0 Å². The van der Waals surface area contributed by atoms with Crippen LogP contribution in [-0.4, -0.2) is 56.7 Å². The summed E-state index contributed by atoms with van der Waals surface area (Å²) in [6.45, 7) is 3.07. The number of amides is 2. The van der Waals surface area contributed by atoms with Crippen LogP contribution in [0.1, 0.15) is 17.7 Å². The van der Waals surface area contributed by atoms with Gasteiger partial charge in [-0.05, 0) is 61.3 Å². The van der Waals surface area contributed by atoms with E-state index in [0.29, 0.717) is 34.8 Å². The van der Waals surface area contributed by atoms with Crippen LogP contribution in [0.15, 0.2) is 48.8 Å². The van der Waals surface area contributed by atoms with Crippen molar-refractivity contribution in [1.29, 1.82) is 0 Å². The van der Waals surface area contributed by atoms with Crippen molar-refractivity contribution in [3.8, 4) is 11.1 Å². The summed E-state index contributed by atoms with van der Waals surface area (Å²) in [5.41, 5.74) is 6.54. The van der Waals surface area contributed by atoms with E-state index in [9.17, 15) is 22.4 Å². The Hall–Kier alpha value is -3.91. The topological polar surface area (TPSA) is 101 Å². The number of rotatable bonds is 7. The molecule has 0 unspecified atom stereocenters. The van der Waals surface area contributed by atoms with E-state index < -0.39 is 35.1 Å². The molecule has 1 fully saturated rings. The fraction of sp³-hybridized carbons (Fsp3) is 0.296. The third-order valence-corrected chi connectivity index (χ3v) is 7.68. The van der Waals surface area contributed by atoms with Gasteiger partial charge < -0.3 is 21.3 Å². The molecular weight excluding hydrogens is 565 g/mol. The van der Waals surface area contributed by atoms with Crippen molar-refractivity contribution in [2.24, 2.45) is 0 Å². The number of urea groups is 1. The first kappa shape index (κ1) is 28.6. The van der Waals surface area contributed by atoms with E-state index in [0.717, 1.165) is 49.7 Å². The summed E-state index contributed by atoms with van der Waals surface area (Å²) in [4.78, 5) is 18.9. The number of alkyl halides is 3. The number of nitrogens with two attached hydrogens (primary N) is 1. The van der Waals surface area contributed by atoms with Gasteiger partial charge in [0.25, 0.3) is 0 Å². The number of carbonyl (C=O) groups is 1. The minimum atomic E-state index is -4.73. The van der Waals surface area contributed by atoms with Crippen LogP contribution in [0.4, 0.5) is 43.9 Å². The van der Waals surface area contributed by atoms with E-state index in [1.807, 2.05) is 23.1 Å². The summed E-state index contributed by atoms with van der Waals surface area (Å²) in [6, 6.07) is 6.42. The van der Waals surface area contributed by atoms with Gasteiger partial charge in [0.15, 0.2) is 5.82 Å². The standard InChI is InChI=1S/C27H26F5N7OS/c28-20-5-4-17(27(30,31)32)13-23(20)37-26(40)36-22-6-3-16(12-21(22)29)19-14-18(39-24(19)25(33)34-15-35-39)2-1-7-38-8-10-41-11-9-38/h3-6,12-15H,1-2,7-11H2,(H2,33,34,35)(H2,36,37,40). The van der Waals surface area contributed by atoms with Crippen molar-refractivity contribution < 1.29 is 26.7 Å². The Labute approximate surface area is 236 Å². The Balaban J connectivity index is 1.33. The number of nitrogens with one attached hydrogen (secondary N) is 2. The van der Waals surface area contributed by atoms with Crippen molar-refractivity contribution in [2.75, 3.05) is 47.5 Å². The second kappa shape index (κ2) is 11.9. The predicted molar refractivity (Wildman–Crippen MR) is 149 cm³/mol. The zero-order valence-corrected chi connectivity index (χ0v) is 22.5. The first-order valence-electron chi connectivity index (χ1n) is 12.8. The molecule has 8 nitrogen and oxygen atoms in total. The number of thioether (sulfide) groups is 1. The molecule has 0 saturated carbocycles. The number of anilines is 3. The Morgan fingerprint density at radius 3 is 2.49 bits per heavy atom. The van der Waals surface area contributed by atoms with Gasteiger partial charge in [0, 0.05) is 35.9 Å². The minimum Gasteiger partial charge on any atom is -0.382 e. The van der Waals surface area contributed by atoms with Crippen molar-refractivity contribution in [1.82, 2.24) is 19.5 Å². The predicted octanol–water partition coefficient (Wildman–Crippen LogP) is 5.90. The zero-order valence-electron chi connectivity index (χ0n) is 21.6. The summed E-state index contributed by atoms with van der Waals surface area (Å²) in [5, 5.41) is 8.54. The van der Waals surface area contributed by atoms with E-state index in [4.69, 9.17) is 5.73 Å². The lowest BCUT2D eigenvalue weighted by Gasteiger charge is -2.25. The molecule has 0 bridgehead atoms. The van der Waals surface area contributed by atoms with E-state index in [-0.39, 0.29) is 11.5 Å². The van der Waals surface area contributed by atoms with Crippen molar-refractivity contribution in [3.63, 3.8) is 0 Å². The number of nitrogen functional groups attached to an aromatic ring is 1. The van der Waals surface area contributed by atoms with Crippen molar-refractivity contribution in [3.05, 3.63) is 71.7 Å². The Morgan fingerprint density at radius 1 is 1.00 bits per heavy atom. The molecule has 2 aromatic carbocycles. The second-order valence-corrected chi connectivity index (χ2v) is 10.7. The van der Waals surface area contributed by atoms with Gasteiger partial charge >= 0.3 is 12.2 Å². The third-order valence-electron chi connectivity index (χ3n) is 6.74. The maximum Gasteiger partial charge on any atom is 0.416 e. The highest BCUT2D eigenvalue weighted by Crippen LogP contribution is 2.34. The van der Waals surface area contributed by atoms with Crippen molar-refractivity contribution >= 4 is 40.5 Å². The van der Waals surface area contributed by atoms with Gasteiger partial charge in [-0.2, -0.15) is 30.0 Å². The first-order chi connectivity index (χ1) is 19.6.